The summed E-state index contributed by atoms with van der Waals surface area (Å²) in [5, 5.41) is 13.8. The van der Waals surface area contributed by atoms with E-state index in [1.165, 1.54) is 18.9 Å². The summed E-state index contributed by atoms with van der Waals surface area (Å²) in [6.45, 7) is 3.27. The SMILES string of the molecule is O=[N+]([O-])c1ccc(NCc2ccccc2CN2CCCC2)cc1C(F)(F)F. The summed E-state index contributed by atoms with van der Waals surface area (Å²) < 4.78 is 39.3. The third-order valence-corrected chi connectivity index (χ3v) is 4.69. The fourth-order valence-electron chi connectivity index (χ4n) is 3.30. The van der Waals surface area contributed by atoms with Gasteiger partial charge in [0, 0.05) is 24.8 Å². The van der Waals surface area contributed by atoms with Gasteiger partial charge in [0.15, 0.2) is 0 Å². The third kappa shape index (κ3) is 4.77. The topological polar surface area (TPSA) is 58.4 Å². The molecule has 0 unspecified atom stereocenters. The van der Waals surface area contributed by atoms with Crippen LogP contribution in [0.1, 0.15) is 29.5 Å². The molecule has 1 aliphatic rings. The Morgan fingerprint density at radius 2 is 1.74 bits per heavy atom. The van der Waals surface area contributed by atoms with Gasteiger partial charge in [0.05, 0.1) is 4.92 Å². The van der Waals surface area contributed by atoms with E-state index in [0.29, 0.717) is 6.54 Å². The molecule has 27 heavy (non-hydrogen) atoms. The summed E-state index contributed by atoms with van der Waals surface area (Å²) >= 11 is 0. The van der Waals surface area contributed by atoms with Crippen molar-refractivity contribution in [3.63, 3.8) is 0 Å². The zero-order valence-corrected chi connectivity index (χ0v) is 14.6. The van der Waals surface area contributed by atoms with Crippen molar-refractivity contribution in [1.82, 2.24) is 4.90 Å². The summed E-state index contributed by atoms with van der Waals surface area (Å²) in [6.07, 6.45) is -2.42. The van der Waals surface area contributed by atoms with Crippen molar-refractivity contribution in [1.29, 1.82) is 0 Å². The molecule has 2 aromatic carbocycles. The maximum absolute atomic E-state index is 13.1. The quantitative estimate of drug-likeness (QED) is 0.577. The van der Waals surface area contributed by atoms with Crippen molar-refractivity contribution in [2.75, 3.05) is 18.4 Å². The minimum atomic E-state index is -4.78. The van der Waals surface area contributed by atoms with E-state index < -0.39 is 22.4 Å². The van der Waals surface area contributed by atoms with Gasteiger partial charge in [-0.15, -0.1) is 0 Å². The highest BCUT2D eigenvalue weighted by Gasteiger charge is 2.38. The number of hydrogen-bond donors (Lipinski definition) is 1. The molecule has 8 heteroatoms. The van der Waals surface area contributed by atoms with Gasteiger partial charge in [0.2, 0.25) is 0 Å². The number of halogens is 3. The molecule has 1 aliphatic heterocycles. The summed E-state index contributed by atoms with van der Waals surface area (Å²) in [5.41, 5.74) is 0.135. The summed E-state index contributed by atoms with van der Waals surface area (Å²) in [4.78, 5) is 12.2. The second-order valence-electron chi connectivity index (χ2n) is 6.59. The van der Waals surface area contributed by atoms with Crippen LogP contribution in [-0.2, 0) is 19.3 Å². The van der Waals surface area contributed by atoms with Crippen molar-refractivity contribution in [2.24, 2.45) is 0 Å². The zero-order chi connectivity index (χ0) is 19.4. The molecular weight excluding hydrogens is 359 g/mol. The lowest BCUT2D eigenvalue weighted by Gasteiger charge is -2.18. The first-order chi connectivity index (χ1) is 12.8. The zero-order valence-electron chi connectivity index (χ0n) is 14.6. The number of rotatable bonds is 6. The van der Waals surface area contributed by atoms with Crippen LogP contribution in [0.2, 0.25) is 0 Å². The Balaban J connectivity index is 1.76. The van der Waals surface area contributed by atoms with Gasteiger partial charge in [0.25, 0.3) is 5.69 Å². The summed E-state index contributed by atoms with van der Waals surface area (Å²) in [7, 11) is 0. The molecule has 0 aliphatic carbocycles. The second-order valence-corrected chi connectivity index (χ2v) is 6.59. The Hall–Kier alpha value is -2.61. The van der Waals surface area contributed by atoms with Crippen molar-refractivity contribution in [3.05, 3.63) is 69.3 Å². The number of nitro groups is 1. The van der Waals surface area contributed by atoms with Gasteiger partial charge < -0.3 is 5.32 Å². The molecule has 2 aromatic rings. The van der Waals surface area contributed by atoms with Crippen LogP contribution in [0, 0.1) is 10.1 Å². The van der Waals surface area contributed by atoms with E-state index in [9.17, 15) is 23.3 Å². The largest absolute Gasteiger partial charge is 0.423 e. The van der Waals surface area contributed by atoms with Crippen molar-refractivity contribution in [2.45, 2.75) is 32.1 Å². The molecule has 1 saturated heterocycles. The first-order valence-electron chi connectivity index (χ1n) is 8.73. The van der Waals surface area contributed by atoms with Gasteiger partial charge in [-0.25, -0.2) is 0 Å². The minimum absolute atomic E-state index is 0.198. The molecule has 0 radical (unpaired) electrons. The van der Waals surface area contributed by atoms with Gasteiger partial charge in [0.1, 0.15) is 5.56 Å². The van der Waals surface area contributed by atoms with Crippen molar-refractivity contribution >= 4 is 11.4 Å². The van der Waals surface area contributed by atoms with E-state index in [-0.39, 0.29) is 5.69 Å². The standard InChI is InChI=1S/C19H20F3N3O2/c20-19(21,22)17-11-16(7-8-18(17)25(26)27)23-12-14-5-1-2-6-15(14)13-24-9-3-4-10-24/h1-2,5-8,11,23H,3-4,9-10,12-13H2. The average molecular weight is 379 g/mol. The first kappa shape index (κ1) is 19.2. The molecule has 0 spiro atoms. The van der Waals surface area contributed by atoms with E-state index in [4.69, 9.17) is 0 Å². The number of alkyl halides is 3. The smallest absolute Gasteiger partial charge is 0.381 e. The number of nitrogens with one attached hydrogen (secondary N) is 1. The monoisotopic (exact) mass is 379 g/mol. The highest BCUT2D eigenvalue weighted by Crippen LogP contribution is 2.37. The molecule has 0 atom stereocenters. The van der Waals surface area contributed by atoms with Crippen LogP contribution in [0.5, 0.6) is 0 Å². The lowest BCUT2D eigenvalue weighted by molar-refractivity contribution is -0.388. The normalized spacial score (nSPS) is 15.1. The van der Waals surface area contributed by atoms with Crippen molar-refractivity contribution < 1.29 is 18.1 Å². The predicted molar refractivity (Wildman–Crippen MR) is 96.4 cm³/mol. The van der Waals surface area contributed by atoms with Gasteiger partial charge in [-0.05, 0) is 49.2 Å². The molecule has 1 heterocycles. The molecule has 3 rings (SSSR count). The third-order valence-electron chi connectivity index (χ3n) is 4.69. The number of likely N-dealkylation sites (tertiary alicyclic amines) is 1. The molecule has 0 saturated carbocycles. The highest BCUT2D eigenvalue weighted by atomic mass is 19.4. The van der Waals surface area contributed by atoms with Crippen LogP contribution in [0.15, 0.2) is 42.5 Å². The molecular formula is C19H20F3N3O2. The van der Waals surface area contributed by atoms with Gasteiger partial charge in [-0.1, -0.05) is 24.3 Å². The lowest BCUT2D eigenvalue weighted by atomic mass is 10.1. The van der Waals surface area contributed by atoms with Crippen molar-refractivity contribution in [3.8, 4) is 0 Å². The summed E-state index contributed by atoms with van der Waals surface area (Å²) in [5.74, 6) is 0. The maximum atomic E-state index is 13.1. The number of anilines is 1. The van der Waals surface area contributed by atoms with Crippen LogP contribution in [0.4, 0.5) is 24.5 Å². The molecule has 5 nitrogen and oxygen atoms in total. The number of nitro benzene ring substituents is 1. The molecule has 1 fully saturated rings. The molecule has 144 valence electrons. The Morgan fingerprint density at radius 1 is 1.07 bits per heavy atom. The van der Waals surface area contributed by atoms with E-state index in [2.05, 4.69) is 10.2 Å². The highest BCUT2D eigenvalue weighted by molar-refractivity contribution is 5.55. The van der Waals surface area contributed by atoms with Crippen LogP contribution < -0.4 is 5.32 Å². The molecule has 1 N–H and O–H groups in total. The Morgan fingerprint density at radius 3 is 2.37 bits per heavy atom. The van der Waals surface area contributed by atoms with E-state index in [1.807, 2.05) is 24.3 Å². The van der Waals surface area contributed by atoms with E-state index in [1.54, 1.807) is 0 Å². The number of benzene rings is 2. The minimum Gasteiger partial charge on any atom is -0.381 e. The fraction of sp³-hybridized carbons (Fsp3) is 0.368. The predicted octanol–water partition coefficient (Wildman–Crippen LogP) is 4.82. The van der Waals surface area contributed by atoms with Crippen LogP contribution in [0.25, 0.3) is 0 Å². The molecule has 0 aromatic heterocycles. The van der Waals surface area contributed by atoms with E-state index in [0.717, 1.165) is 42.9 Å². The Bertz CT molecular complexity index is 818. The van der Waals surface area contributed by atoms with Crippen LogP contribution >= 0.6 is 0 Å². The van der Waals surface area contributed by atoms with Gasteiger partial charge >= 0.3 is 6.18 Å². The van der Waals surface area contributed by atoms with Crippen LogP contribution in [0.3, 0.4) is 0 Å². The molecule has 0 bridgehead atoms. The lowest BCUT2D eigenvalue weighted by Crippen LogP contribution is -2.19. The summed E-state index contributed by atoms with van der Waals surface area (Å²) in [6, 6.07) is 10.8. The van der Waals surface area contributed by atoms with Gasteiger partial charge in [-0.3, -0.25) is 15.0 Å². The van der Waals surface area contributed by atoms with Gasteiger partial charge in [-0.2, -0.15) is 13.2 Å². The average Bonchev–Trinajstić information content (AvgIpc) is 3.13. The number of nitrogens with zero attached hydrogens (tertiary/aromatic N) is 2. The second kappa shape index (κ2) is 7.96. The Labute approximate surface area is 154 Å². The Kier molecular flexibility index (Phi) is 5.65. The van der Waals surface area contributed by atoms with E-state index >= 15 is 0 Å². The fourth-order valence-corrected chi connectivity index (χ4v) is 3.30. The maximum Gasteiger partial charge on any atom is 0.423 e. The van der Waals surface area contributed by atoms with Crippen LogP contribution in [-0.4, -0.2) is 22.9 Å². The molecule has 0 amide bonds. The first-order valence-corrected chi connectivity index (χ1v) is 8.73. The number of hydrogen-bond acceptors (Lipinski definition) is 4.